The zero-order valence-electron chi connectivity index (χ0n) is 14.8. The first-order chi connectivity index (χ1) is 11.7. The molecule has 0 aromatic heterocycles. The third kappa shape index (κ3) is 4.81. The lowest BCUT2D eigenvalue weighted by Gasteiger charge is -2.36. The number of hydrogen-bond donors (Lipinski definition) is 0. The standard InChI is InChI=1S/C17H21F7O2/c1-11(2)9-26-13-7-5-6-12(8-13)14(3,25-4)10-15(18,19)16(20,21)17(22,23)24/h5-8,11H,9-10H2,1-4H3. The molecule has 150 valence electrons. The molecule has 9 heteroatoms. The first kappa shape index (κ1) is 22.5. The molecule has 1 aromatic rings. The van der Waals surface area contributed by atoms with E-state index < -0.39 is 30.0 Å². The van der Waals surface area contributed by atoms with Crippen LogP contribution in [-0.2, 0) is 10.3 Å². The van der Waals surface area contributed by atoms with E-state index in [4.69, 9.17) is 9.47 Å². The smallest absolute Gasteiger partial charge is 0.459 e. The van der Waals surface area contributed by atoms with Crippen molar-refractivity contribution < 1.29 is 40.2 Å². The van der Waals surface area contributed by atoms with Crippen molar-refractivity contribution in [1.82, 2.24) is 0 Å². The summed E-state index contributed by atoms with van der Waals surface area (Å²) in [6, 6.07) is 5.52. The van der Waals surface area contributed by atoms with Crippen molar-refractivity contribution in [3.63, 3.8) is 0 Å². The summed E-state index contributed by atoms with van der Waals surface area (Å²) in [6.07, 6.45) is -8.25. The molecule has 0 saturated heterocycles. The molecule has 2 nitrogen and oxygen atoms in total. The molecule has 1 atom stereocenters. The number of ether oxygens (including phenoxy) is 2. The van der Waals surface area contributed by atoms with Crippen LogP contribution in [0, 0.1) is 5.92 Å². The third-order valence-electron chi connectivity index (χ3n) is 3.85. The maximum absolute atomic E-state index is 13.8. The number of hydrogen-bond acceptors (Lipinski definition) is 2. The van der Waals surface area contributed by atoms with Crippen LogP contribution in [-0.4, -0.2) is 31.7 Å². The molecule has 0 heterocycles. The van der Waals surface area contributed by atoms with E-state index in [2.05, 4.69) is 0 Å². The Labute approximate surface area is 147 Å². The predicted octanol–water partition coefficient (Wildman–Crippen LogP) is 5.81. The van der Waals surface area contributed by atoms with Gasteiger partial charge in [0.05, 0.1) is 18.6 Å². The quantitative estimate of drug-likeness (QED) is 0.522. The highest BCUT2D eigenvalue weighted by molar-refractivity contribution is 5.32. The van der Waals surface area contributed by atoms with Crippen LogP contribution in [0.2, 0.25) is 0 Å². The topological polar surface area (TPSA) is 18.5 Å². The van der Waals surface area contributed by atoms with Crippen LogP contribution in [0.3, 0.4) is 0 Å². The molecule has 0 saturated carbocycles. The van der Waals surface area contributed by atoms with E-state index in [0.717, 1.165) is 14.0 Å². The summed E-state index contributed by atoms with van der Waals surface area (Å²) in [6.45, 7) is 5.09. The highest BCUT2D eigenvalue weighted by Crippen LogP contribution is 2.51. The number of methoxy groups -OCH3 is 1. The zero-order chi connectivity index (χ0) is 20.4. The number of alkyl halides is 7. The number of benzene rings is 1. The Morgan fingerprint density at radius 1 is 1.00 bits per heavy atom. The van der Waals surface area contributed by atoms with E-state index >= 15 is 0 Å². The lowest BCUT2D eigenvalue weighted by atomic mass is 9.87. The minimum absolute atomic E-state index is 0.00101. The molecule has 0 aliphatic heterocycles. The molecule has 0 spiro atoms. The molecule has 0 bridgehead atoms. The average Bonchev–Trinajstić information content (AvgIpc) is 2.51. The highest BCUT2D eigenvalue weighted by Gasteiger charge is 2.73. The minimum Gasteiger partial charge on any atom is -0.493 e. The second-order valence-electron chi connectivity index (χ2n) is 6.62. The second-order valence-corrected chi connectivity index (χ2v) is 6.62. The summed E-state index contributed by atoms with van der Waals surface area (Å²) in [5.41, 5.74) is -2.09. The summed E-state index contributed by atoms with van der Waals surface area (Å²) in [5.74, 6) is -11.1. The van der Waals surface area contributed by atoms with Crippen LogP contribution in [0.1, 0.15) is 32.8 Å². The molecule has 0 radical (unpaired) electrons. The molecule has 0 amide bonds. The van der Waals surface area contributed by atoms with Gasteiger partial charge in [-0.25, -0.2) is 0 Å². The van der Waals surface area contributed by atoms with Crippen molar-refractivity contribution in [1.29, 1.82) is 0 Å². The van der Waals surface area contributed by atoms with E-state index in [9.17, 15) is 30.7 Å². The normalized spacial score (nSPS) is 15.8. The van der Waals surface area contributed by atoms with Gasteiger partial charge in [0.2, 0.25) is 0 Å². The van der Waals surface area contributed by atoms with E-state index in [-0.39, 0.29) is 17.2 Å². The van der Waals surface area contributed by atoms with E-state index in [1.807, 2.05) is 13.8 Å². The molecule has 0 fully saturated rings. The van der Waals surface area contributed by atoms with Gasteiger partial charge in [-0.15, -0.1) is 0 Å². The van der Waals surface area contributed by atoms with Crippen molar-refractivity contribution in [3.8, 4) is 5.75 Å². The van der Waals surface area contributed by atoms with Crippen molar-refractivity contribution in [2.24, 2.45) is 5.92 Å². The molecule has 1 rings (SSSR count). The molecule has 1 unspecified atom stereocenters. The van der Waals surface area contributed by atoms with Crippen molar-refractivity contribution >= 4 is 0 Å². The van der Waals surface area contributed by atoms with Gasteiger partial charge in [0.25, 0.3) is 0 Å². The maximum Gasteiger partial charge on any atom is 0.459 e. The van der Waals surface area contributed by atoms with Crippen LogP contribution < -0.4 is 4.74 Å². The Balaban J connectivity index is 3.17. The Bertz CT molecular complexity index is 599. The van der Waals surface area contributed by atoms with Crippen LogP contribution in [0.5, 0.6) is 5.75 Å². The molecular weight excluding hydrogens is 369 g/mol. The monoisotopic (exact) mass is 390 g/mol. The van der Waals surface area contributed by atoms with E-state index in [0.29, 0.717) is 6.61 Å². The molecule has 0 N–H and O–H groups in total. The van der Waals surface area contributed by atoms with Gasteiger partial charge in [0, 0.05) is 7.11 Å². The second kappa shape index (κ2) is 7.62. The first-order valence-corrected chi connectivity index (χ1v) is 7.77. The van der Waals surface area contributed by atoms with Gasteiger partial charge in [-0.1, -0.05) is 26.0 Å². The SMILES string of the molecule is COC(C)(CC(F)(F)C(F)(F)C(F)(F)F)c1cccc(OCC(C)C)c1. The summed E-state index contributed by atoms with van der Waals surface area (Å²) in [7, 11) is 0.962. The van der Waals surface area contributed by atoms with Crippen LogP contribution in [0.4, 0.5) is 30.7 Å². The Kier molecular flexibility index (Phi) is 6.60. The fourth-order valence-corrected chi connectivity index (χ4v) is 2.21. The highest BCUT2D eigenvalue weighted by atomic mass is 19.4. The van der Waals surface area contributed by atoms with E-state index in [1.165, 1.54) is 24.3 Å². The predicted molar refractivity (Wildman–Crippen MR) is 81.7 cm³/mol. The molecule has 0 aliphatic rings. The fraction of sp³-hybridized carbons (Fsp3) is 0.647. The molecule has 26 heavy (non-hydrogen) atoms. The van der Waals surface area contributed by atoms with E-state index in [1.54, 1.807) is 0 Å². The van der Waals surface area contributed by atoms with Gasteiger partial charge in [-0.05, 0) is 30.5 Å². The molecular formula is C17H21F7O2. The largest absolute Gasteiger partial charge is 0.493 e. The van der Waals surface area contributed by atoms with Gasteiger partial charge in [0.1, 0.15) is 5.75 Å². The van der Waals surface area contributed by atoms with Crippen molar-refractivity contribution in [2.45, 2.75) is 50.8 Å². The molecule has 1 aromatic carbocycles. The van der Waals surface area contributed by atoms with Crippen LogP contribution in [0.15, 0.2) is 24.3 Å². The average molecular weight is 390 g/mol. The van der Waals surface area contributed by atoms with Crippen molar-refractivity contribution in [3.05, 3.63) is 29.8 Å². The summed E-state index contributed by atoms with van der Waals surface area (Å²) < 4.78 is 102. The maximum atomic E-state index is 13.8. The third-order valence-corrected chi connectivity index (χ3v) is 3.85. The lowest BCUT2D eigenvalue weighted by molar-refractivity contribution is -0.361. The first-order valence-electron chi connectivity index (χ1n) is 7.77. The molecule has 0 aliphatic carbocycles. The Morgan fingerprint density at radius 3 is 2.04 bits per heavy atom. The Hall–Kier alpha value is -1.51. The van der Waals surface area contributed by atoms with Gasteiger partial charge < -0.3 is 9.47 Å². The summed E-state index contributed by atoms with van der Waals surface area (Å²) >= 11 is 0. The minimum atomic E-state index is -6.38. The number of halogens is 7. The fourth-order valence-electron chi connectivity index (χ4n) is 2.21. The van der Waals surface area contributed by atoms with Crippen LogP contribution in [0.25, 0.3) is 0 Å². The summed E-state index contributed by atoms with van der Waals surface area (Å²) in [4.78, 5) is 0. The lowest BCUT2D eigenvalue weighted by Crippen LogP contribution is -2.54. The van der Waals surface area contributed by atoms with Crippen molar-refractivity contribution in [2.75, 3.05) is 13.7 Å². The van der Waals surface area contributed by atoms with Gasteiger partial charge in [-0.2, -0.15) is 30.7 Å². The van der Waals surface area contributed by atoms with Crippen LogP contribution >= 0.6 is 0 Å². The van der Waals surface area contributed by atoms with Gasteiger partial charge >= 0.3 is 18.0 Å². The van der Waals surface area contributed by atoms with Gasteiger partial charge in [-0.3, -0.25) is 0 Å². The Morgan fingerprint density at radius 2 is 1.58 bits per heavy atom. The number of rotatable bonds is 8. The summed E-state index contributed by atoms with van der Waals surface area (Å²) in [5, 5.41) is 0. The van der Waals surface area contributed by atoms with Gasteiger partial charge in [0.15, 0.2) is 0 Å². The zero-order valence-corrected chi connectivity index (χ0v) is 14.8.